The zero-order valence-electron chi connectivity index (χ0n) is 10.3. The summed E-state index contributed by atoms with van der Waals surface area (Å²) in [6.45, 7) is 2.45. The van der Waals surface area contributed by atoms with Gasteiger partial charge in [0.1, 0.15) is 0 Å². The van der Waals surface area contributed by atoms with Gasteiger partial charge in [-0.05, 0) is 4.57 Å². The molecular weight excluding hydrogens is 329 g/mol. The van der Waals surface area contributed by atoms with Crippen LogP contribution in [0.15, 0.2) is 0 Å². The highest BCUT2D eigenvalue weighted by Gasteiger charge is 2.07. The van der Waals surface area contributed by atoms with Crippen LogP contribution in [0.5, 0.6) is 0 Å². The summed E-state index contributed by atoms with van der Waals surface area (Å²) in [4.78, 5) is 47.1. The molecule has 0 rings (SSSR count). The monoisotopic (exact) mass is 347 g/mol. The van der Waals surface area contributed by atoms with E-state index >= 15 is 0 Å². The third kappa shape index (κ3) is 193. The molecule has 0 aromatic carbocycles. The lowest BCUT2D eigenvalue weighted by atomic mass is 10.5. The van der Waals surface area contributed by atoms with Crippen molar-refractivity contribution in [2.45, 2.75) is 13.3 Å². The van der Waals surface area contributed by atoms with E-state index in [1.165, 1.54) is 0 Å². The zero-order valence-corrected chi connectivity index (χ0v) is 13.1. The highest BCUT2D eigenvalue weighted by atomic mass is 31.2. The zero-order chi connectivity index (χ0) is 16.7. The van der Waals surface area contributed by atoms with Crippen molar-refractivity contribution in [2.75, 3.05) is 13.8 Å². The van der Waals surface area contributed by atoms with Crippen LogP contribution in [-0.4, -0.2) is 49.3 Å². The molecule has 0 radical (unpaired) electrons. The van der Waals surface area contributed by atoms with E-state index in [0.29, 0.717) is 0 Å². The maximum atomic E-state index is 9.47. The van der Waals surface area contributed by atoms with E-state index in [4.69, 9.17) is 34.1 Å². The van der Waals surface area contributed by atoms with Crippen LogP contribution in [0, 0.1) is 0 Å². The first-order chi connectivity index (χ1) is 8.24. The number of aliphatic carboxylic acids is 1. The number of carboxylic acid groups (broad SMARTS) is 1. The Balaban J connectivity index is -0.0000000811. The van der Waals surface area contributed by atoms with Crippen LogP contribution >= 0.6 is 24.1 Å². The van der Waals surface area contributed by atoms with Crippen LogP contribution in [0.25, 0.3) is 0 Å². The molecule has 14 heteroatoms. The van der Waals surface area contributed by atoms with E-state index in [9.17, 15) is 13.9 Å². The van der Waals surface area contributed by atoms with Crippen molar-refractivity contribution in [3.8, 4) is 0 Å². The summed E-state index contributed by atoms with van der Waals surface area (Å²) in [6.07, 6.45) is 0.222. The van der Waals surface area contributed by atoms with E-state index in [1.54, 1.807) is 6.92 Å². The summed E-state index contributed by atoms with van der Waals surface area (Å²) in [5, 5.41) is 7.72. The Labute approximate surface area is 110 Å². The Morgan fingerprint density at radius 1 is 1.21 bits per heavy atom. The van der Waals surface area contributed by atoms with Crippen molar-refractivity contribution in [3.05, 3.63) is 0 Å². The largest absolute Gasteiger partial charge is 0.491 e. The highest BCUT2D eigenvalue weighted by molar-refractivity contribution is 7.50. The molecule has 0 spiro atoms. The molecule has 19 heavy (non-hydrogen) atoms. The number of phosphoric ester groups is 1. The van der Waals surface area contributed by atoms with Gasteiger partial charge in [0, 0.05) is 20.2 Å². The first kappa shape index (κ1) is 27.2. The first-order valence-electron chi connectivity index (χ1n) is 4.12. The van der Waals surface area contributed by atoms with Crippen LogP contribution in [0.4, 0.5) is 0 Å². The minimum absolute atomic E-state index is 0.222. The SMILES string of the molecule is CCC(=O)O.COP(=O)(O)O.CP(=O)(O)O.O=[PH+]O. The molecule has 1 atom stereocenters. The van der Waals surface area contributed by atoms with Gasteiger partial charge in [0.2, 0.25) is 0 Å². The van der Waals surface area contributed by atoms with Crippen molar-refractivity contribution < 1.29 is 52.6 Å². The van der Waals surface area contributed by atoms with Gasteiger partial charge in [-0.3, -0.25) is 13.9 Å². The van der Waals surface area contributed by atoms with Crippen molar-refractivity contribution in [2.24, 2.45) is 0 Å². The molecule has 0 saturated heterocycles. The Morgan fingerprint density at radius 3 is 1.32 bits per heavy atom. The van der Waals surface area contributed by atoms with E-state index < -0.39 is 30.1 Å². The molecule has 0 bridgehead atoms. The third-order valence-electron chi connectivity index (χ3n) is 0.540. The molecule has 0 aliphatic carbocycles. The Morgan fingerprint density at radius 2 is 1.32 bits per heavy atom. The molecule has 1 unspecified atom stereocenters. The number of phosphoric acid groups is 1. The molecule has 0 aliphatic rings. The lowest BCUT2D eigenvalue weighted by Crippen LogP contribution is -1.86. The quantitative estimate of drug-likeness (QED) is 0.365. The van der Waals surface area contributed by atoms with E-state index in [1.807, 2.05) is 0 Å². The van der Waals surface area contributed by atoms with Gasteiger partial charge in [-0.15, -0.1) is 0 Å². The van der Waals surface area contributed by atoms with Crippen LogP contribution in [0.1, 0.15) is 13.3 Å². The topological polar surface area (TPSA) is 199 Å². The van der Waals surface area contributed by atoms with Gasteiger partial charge in [0.15, 0.2) is 0 Å². The summed E-state index contributed by atoms with van der Waals surface area (Å²) >= 11 is 0. The summed E-state index contributed by atoms with van der Waals surface area (Å²) < 4.78 is 30.9. The summed E-state index contributed by atoms with van der Waals surface area (Å²) in [6, 6.07) is 0. The predicted molar refractivity (Wildman–Crippen MR) is 66.2 cm³/mol. The fourth-order valence-corrected chi connectivity index (χ4v) is 0. The van der Waals surface area contributed by atoms with E-state index in [-0.39, 0.29) is 6.42 Å². The smallest absolute Gasteiger partial charge is 0.481 e. The lowest BCUT2D eigenvalue weighted by Gasteiger charge is -1.93. The van der Waals surface area contributed by atoms with Crippen LogP contribution in [0.2, 0.25) is 0 Å². The normalized spacial score (nSPS) is 9.89. The molecule has 0 aliphatic heterocycles. The predicted octanol–water partition coefficient (Wildman–Crippen LogP) is -0.0819. The van der Waals surface area contributed by atoms with Gasteiger partial charge in [-0.1, -0.05) is 6.92 Å². The number of rotatable bonds is 2. The van der Waals surface area contributed by atoms with E-state index in [2.05, 4.69) is 4.52 Å². The third-order valence-corrected chi connectivity index (χ3v) is 1.02. The Bertz CT molecular complexity index is 295. The van der Waals surface area contributed by atoms with Crippen LogP contribution in [0.3, 0.4) is 0 Å². The summed E-state index contributed by atoms with van der Waals surface area (Å²) in [5.74, 6) is -0.745. The minimum Gasteiger partial charge on any atom is -0.481 e. The molecule has 0 aromatic heterocycles. The molecular formula is C5H18O11P3+. The molecule has 0 fully saturated rings. The van der Waals surface area contributed by atoms with Gasteiger partial charge in [-0.2, -0.15) is 4.89 Å². The maximum Gasteiger partial charge on any atom is 0.491 e. The van der Waals surface area contributed by atoms with Gasteiger partial charge in [-0.25, -0.2) is 4.57 Å². The number of hydrogen-bond donors (Lipinski definition) is 6. The average molecular weight is 347 g/mol. The number of hydrogen-bond acceptors (Lipinski definition) is 5. The first-order valence-corrected chi connectivity index (χ1v) is 8.56. The maximum absolute atomic E-state index is 9.47. The fourth-order valence-electron chi connectivity index (χ4n) is 0. The molecule has 0 amide bonds. The molecule has 6 N–H and O–H groups in total. The highest BCUT2D eigenvalue weighted by Crippen LogP contribution is 2.33. The molecule has 11 nitrogen and oxygen atoms in total. The molecule has 0 heterocycles. The van der Waals surface area contributed by atoms with Crippen LogP contribution in [-0.2, 0) is 23.0 Å². The van der Waals surface area contributed by atoms with Gasteiger partial charge in [0.05, 0.1) is 0 Å². The minimum atomic E-state index is -4.15. The number of carboxylic acids is 1. The van der Waals surface area contributed by atoms with Crippen molar-refractivity contribution in [1.82, 2.24) is 0 Å². The fraction of sp³-hybridized carbons (Fsp3) is 0.800. The number of carbonyl (C=O) groups is 1. The van der Waals surface area contributed by atoms with Crippen molar-refractivity contribution >= 4 is 30.1 Å². The van der Waals surface area contributed by atoms with E-state index in [0.717, 1.165) is 13.8 Å². The second-order valence-corrected chi connectivity index (χ2v) is 5.55. The molecule has 0 saturated carbocycles. The summed E-state index contributed by atoms with van der Waals surface area (Å²) in [7, 11) is -8.01. The Hall–Kier alpha value is -0.210. The van der Waals surface area contributed by atoms with Crippen molar-refractivity contribution in [1.29, 1.82) is 0 Å². The standard InChI is InChI=1S/C3H6O2.CH5O4P.CH5O3P.HO2P/c1-2-3(4)5;1-5-6(2,3)4;1-5(2,3)4;1-3-2/h2H2,1H3,(H,4,5);1H3,(H2,2,3,4);1H3,(H2,2,3,4);3H/p+1. The molecule has 118 valence electrons. The van der Waals surface area contributed by atoms with Crippen molar-refractivity contribution in [3.63, 3.8) is 0 Å². The lowest BCUT2D eigenvalue weighted by molar-refractivity contribution is -0.136. The average Bonchev–Trinajstić information content (AvgIpc) is 2.16. The second kappa shape index (κ2) is 15.8. The summed E-state index contributed by atoms with van der Waals surface area (Å²) in [5.41, 5.74) is 0. The second-order valence-electron chi connectivity index (χ2n) is 2.35. The Kier molecular flexibility index (Phi) is 22.7. The van der Waals surface area contributed by atoms with Gasteiger partial charge in [0.25, 0.3) is 0 Å². The van der Waals surface area contributed by atoms with Crippen LogP contribution < -0.4 is 0 Å². The van der Waals surface area contributed by atoms with Gasteiger partial charge >= 0.3 is 30.1 Å². The molecule has 0 aromatic rings. The van der Waals surface area contributed by atoms with Gasteiger partial charge < -0.3 is 24.7 Å².